The van der Waals surface area contributed by atoms with Crippen LogP contribution in [-0.2, 0) is 24.6 Å². The molecule has 9 nitrogen and oxygen atoms in total. The Morgan fingerprint density at radius 2 is 1.42 bits per heavy atom. The molecule has 3 N–H and O–H groups in total. The topological polar surface area (TPSA) is 142 Å². The van der Waals surface area contributed by atoms with Gasteiger partial charge in [0.1, 0.15) is 17.3 Å². The van der Waals surface area contributed by atoms with E-state index in [0.717, 1.165) is 0 Å². The number of carbonyl (C=O) groups is 1. The highest BCUT2D eigenvalue weighted by Crippen LogP contribution is 2.30. The van der Waals surface area contributed by atoms with Gasteiger partial charge in [-0.2, -0.15) is 0 Å². The van der Waals surface area contributed by atoms with Crippen LogP contribution in [-0.4, -0.2) is 42.4 Å². The molecule has 2 aromatic carbocycles. The van der Waals surface area contributed by atoms with E-state index in [4.69, 9.17) is 4.74 Å². The zero-order valence-corrected chi connectivity index (χ0v) is 17.1. The minimum absolute atomic E-state index is 0.244. The quantitative estimate of drug-likeness (QED) is 0.450. The number of sulfonamides is 1. The molecule has 31 heavy (non-hydrogen) atoms. The van der Waals surface area contributed by atoms with Crippen molar-refractivity contribution in [1.29, 1.82) is 0 Å². The number of primary sulfonamides is 1. The Kier molecular flexibility index (Phi) is 7.13. The zero-order valence-electron chi connectivity index (χ0n) is 15.5. The van der Waals surface area contributed by atoms with Crippen LogP contribution in [0.5, 0.6) is 5.75 Å². The summed E-state index contributed by atoms with van der Waals surface area (Å²) in [7, 11) is -8.92. The molecule has 0 radical (unpaired) electrons. The molecule has 15 heteroatoms. The molecule has 0 unspecified atom stereocenters. The van der Waals surface area contributed by atoms with Crippen molar-refractivity contribution >= 4 is 31.6 Å². The van der Waals surface area contributed by atoms with E-state index in [9.17, 15) is 39.2 Å². The lowest BCUT2D eigenvalue weighted by Crippen LogP contribution is -2.24. The van der Waals surface area contributed by atoms with E-state index in [0.29, 0.717) is 5.75 Å². The van der Waals surface area contributed by atoms with Gasteiger partial charge < -0.3 is 9.47 Å². The molecule has 0 aliphatic carbocycles. The number of benzene rings is 2. The molecular weight excluding hydrogens is 472 g/mol. The number of halogens is 4. The minimum Gasteiger partial charge on any atom is -0.497 e. The second kappa shape index (κ2) is 9.07. The summed E-state index contributed by atoms with van der Waals surface area (Å²) in [6, 6.07) is 5.86. The summed E-state index contributed by atoms with van der Waals surface area (Å²) in [5.41, 5.74) is 0.244. The van der Waals surface area contributed by atoms with E-state index in [1.165, 1.54) is 31.4 Å². The first-order valence-corrected chi connectivity index (χ1v) is 11.2. The number of nitrogens with two attached hydrogens (primary N) is 1. The maximum Gasteiger partial charge on any atom is 0.411 e. The Bertz CT molecular complexity index is 1190. The van der Waals surface area contributed by atoms with Crippen molar-refractivity contribution < 1.29 is 48.7 Å². The number of ether oxygens (including phenoxy) is 2. The number of anilines is 1. The van der Waals surface area contributed by atoms with Crippen LogP contribution >= 0.6 is 0 Å². The molecule has 0 aliphatic heterocycles. The van der Waals surface area contributed by atoms with Gasteiger partial charge in [-0.05, 0) is 24.3 Å². The fourth-order valence-corrected chi connectivity index (χ4v) is 4.20. The van der Waals surface area contributed by atoms with Crippen LogP contribution in [0.15, 0.2) is 34.1 Å². The number of amides is 1. The summed E-state index contributed by atoms with van der Waals surface area (Å²) < 4.78 is 112. The fraction of sp³-hybridized carbons (Fsp3) is 0.188. The maximum atomic E-state index is 14.1. The molecule has 0 bridgehead atoms. The lowest BCUT2D eigenvalue weighted by atomic mass is 10.3. The number of hydrogen-bond donors (Lipinski definition) is 2. The molecule has 0 aromatic heterocycles. The molecular formula is C16H14F4N2O7S2. The summed E-state index contributed by atoms with van der Waals surface area (Å²) in [6.45, 7) is -0.955. The van der Waals surface area contributed by atoms with E-state index in [-0.39, 0.29) is 5.69 Å². The molecule has 0 heterocycles. The lowest BCUT2D eigenvalue weighted by molar-refractivity contribution is 0.168. The summed E-state index contributed by atoms with van der Waals surface area (Å²) >= 11 is 0. The maximum absolute atomic E-state index is 14.1. The largest absolute Gasteiger partial charge is 0.497 e. The van der Waals surface area contributed by atoms with E-state index < -0.39 is 71.4 Å². The van der Waals surface area contributed by atoms with E-state index in [1.54, 1.807) is 0 Å². The second-order valence-corrected chi connectivity index (χ2v) is 9.31. The number of carbonyl (C=O) groups excluding carboxylic acids is 1. The Hall–Kier alpha value is -2.91. The molecule has 1 amide bonds. The molecule has 0 aliphatic rings. The Morgan fingerprint density at radius 1 is 0.935 bits per heavy atom. The van der Waals surface area contributed by atoms with E-state index >= 15 is 0 Å². The van der Waals surface area contributed by atoms with Crippen LogP contribution < -0.4 is 15.2 Å². The van der Waals surface area contributed by atoms with Gasteiger partial charge in [-0.3, -0.25) is 5.32 Å². The van der Waals surface area contributed by atoms with E-state index in [2.05, 4.69) is 15.2 Å². The van der Waals surface area contributed by atoms with Crippen LogP contribution in [0.1, 0.15) is 0 Å². The predicted molar refractivity (Wildman–Crippen MR) is 97.7 cm³/mol. The van der Waals surface area contributed by atoms with Crippen molar-refractivity contribution in [2.45, 2.75) is 9.79 Å². The third-order valence-electron chi connectivity index (χ3n) is 3.70. The van der Waals surface area contributed by atoms with Crippen molar-refractivity contribution in [3.63, 3.8) is 0 Å². The molecule has 0 saturated heterocycles. The van der Waals surface area contributed by atoms with Crippen molar-refractivity contribution in [3.05, 3.63) is 47.5 Å². The molecule has 0 saturated carbocycles. The monoisotopic (exact) mass is 486 g/mol. The molecule has 0 atom stereocenters. The van der Waals surface area contributed by atoms with Crippen LogP contribution in [0, 0.1) is 23.3 Å². The van der Waals surface area contributed by atoms with Gasteiger partial charge in [0.25, 0.3) is 0 Å². The van der Waals surface area contributed by atoms with Gasteiger partial charge in [0, 0.05) is 5.69 Å². The van der Waals surface area contributed by atoms with Crippen LogP contribution in [0.3, 0.4) is 0 Å². The SMILES string of the molecule is COc1ccc(NC(=O)OCCS(=O)(=O)c2c(F)c(F)c(S(N)(=O)=O)c(F)c2F)cc1. The molecule has 170 valence electrons. The average Bonchev–Trinajstić information content (AvgIpc) is 2.66. The van der Waals surface area contributed by atoms with Gasteiger partial charge in [-0.25, -0.2) is 44.3 Å². The minimum atomic E-state index is -5.24. The molecule has 2 rings (SSSR count). The predicted octanol–water partition coefficient (Wildman–Crippen LogP) is 1.92. The zero-order chi connectivity index (χ0) is 23.6. The fourth-order valence-electron chi connectivity index (χ4n) is 2.29. The van der Waals surface area contributed by atoms with Crippen LogP contribution in [0.2, 0.25) is 0 Å². The Balaban J connectivity index is 2.16. The number of methoxy groups -OCH3 is 1. The van der Waals surface area contributed by atoms with Crippen LogP contribution in [0.4, 0.5) is 28.0 Å². The lowest BCUT2D eigenvalue weighted by Gasteiger charge is -2.12. The number of rotatable bonds is 7. The normalized spacial score (nSPS) is 11.8. The summed E-state index contributed by atoms with van der Waals surface area (Å²) in [5.74, 6) is -10.8. The first-order chi connectivity index (χ1) is 14.3. The van der Waals surface area contributed by atoms with Crippen molar-refractivity contribution in [2.24, 2.45) is 5.14 Å². The van der Waals surface area contributed by atoms with Crippen molar-refractivity contribution in [1.82, 2.24) is 0 Å². The van der Waals surface area contributed by atoms with Crippen LogP contribution in [0.25, 0.3) is 0 Å². The summed E-state index contributed by atoms with van der Waals surface area (Å²) in [6.07, 6.45) is -1.14. The smallest absolute Gasteiger partial charge is 0.411 e. The van der Waals surface area contributed by atoms with Gasteiger partial charge in [-0.1, -0.05) is 0 Å². The first kappa shape index (κ1) is 24.4. The number of nitrogens with one attached hydrogen (secondary N) is 1. The van der Waals surface area contributed by atoms with Gasteiger partial charge in [-0.15, -0.1) is 0 Å². The highest BCUT2D eigenvalue weighted by Gasteiger charge is 2.36. The number of hydrogen-bond acceptors (Lipinski definition) is 7. The summed E-state index contributed by atoms with van der Waals surface area (Å²) in [4.78, 5) is 7.46. The number of sulfone groups is 1. The van der Waals surface area contributed by atoms with Gasteiger partial charge >= 0.3 is 6.09 Å². The summed E-state index contributed by atoms with van der Waals surface area (Å²) in [5, 5.41) is 6.71. The van der Waals surface area contributed by atoms with Crippen molar-refractivity contribution in [2.75, 3.05) is 24.8 Å². The molecule has 2 aromatic rings. The third kappa shape index (κ3) is 5.42. The molecule has 0 fully saturated rings. The standard InChI is InChI=1S/C16H14F4N2O7S2/c1-28-9-4-2-8(3-5-9)22-16(23)29-6-7-30(24,25)14-10(17)12(19)15(31(21,26)27)13(20)11(14)18/h2-5H,6-7H2,1H3,(H,22,23)(H2,21,26,27). The Labute approximate surface area is 173 Å². The first-order valence-electron chi connectivity index (χ1n) is 7.99. The van der Waals surface area contributed by atoms with Crippen molar-refractivity contribution in [3.8, 4) is 5.75 Å². The average molecular weight is 486 g/mol. The molecule has 0 spiro atoms. The highest BCUT2D eigenvalue weighted by atomic mass is 32.2. The van der Waals surface area contributed by atoms with E-state index in [1.807, 2.05) is 0 Å². The second-order valence-electron chi connectivity index (χ2n) is 5.77. The van der Waals surface area contributed by atoms with Gasteiger partial charge in [0.05, 0.1) is 12.9 Å². The highest BCUT2D eigenvalue weighted by molar-refractivity contribution is 7.91. The Morgan fingerprint density at radius 3 is 1.87 bits per heavy atom. The third-order valence-corrected chi connectivity index (χ3v) is 6.31. The van der Waals surface area contributed by atoms with Gasteiger partial charge in [0.15, 0.2) is 38.0 Å². The van der Waals surface area contributed by atoms with Gasteiger partial charge in [0.2, 0.25) is 10.0 Å².